The number of amides is 1. The van der Waals surface area contributed by atoms with Gasteiger partial charge in [-0.1, -0.05) is 0 Å². The van der Waals surface area contributed by atoms with Crippen molar-refractivity contribution >= 4 is 15.7 Å². The fraction of sp³-hybridized carbons (Fsp3) is 0.889. The van der Waals surface area contributed by atoms with Gasteiger partial charge in [0.15, 0.2) is 0 Å². The summed E-state index contributed by atoms with van der Waals surface area (Å²) in [6, 6.07) is 0.0122. The molecule has 0 aromatic rings. The Morgan fingerprint density at radius 1 is 1.27 bits per heavy atom. The standard InChI is InChI=1S/C9H15NO4S/c11-8-5-9(12)10(6-8)7-1-3-15(13,14)4-2-7/h7-8,11H,1-6H2. The van der Waals surface area contributed by atoms with E-state index in [2.05, 4.69) is 0 Å². The Balaban J connectivity index is 1.99. The van der Waals surface area contributed by atoms with E-state index in [0.717, 1.165) is 0 Å². The van der Waals surface area contributed by atoms with Crippen LogP contribution >= 0.6 is 0 Å². The Labute approximate surface area is 89.0 Å². The number of sulfone groups is 1. The number of likely N-dealkylation sites (tertiary alicyclic amines) is 1. The Morgan fingerprint density at radius 2 is 1.87 bits per heavy atom. The highest BCUT2D eigenvalue weighted by molar-refractivity contribution is 7.91. The van der Waals surface area contributed by atoms with Crippen LogP contribution in [0.2, 0.25) is 0 Å². The molecule has 1 amide bonds. The minimum Gasteiger partial charge on any atom is -0.391 e. The van der Waals surface area contributed by atoms with Crippen LogP contribution < -0.4 is 0 Å². The zero-order valence-corrected chi connectivity index (χ0v) is 9.24. The number of carbonyl (C=O) groups is 1. The highest BCUT2D eigenvalue weighted by atomic mass is 32.2. The van der Waals surface area contributed by atoms with Crippen LogP contribution in [-0.2, 0) is 14.6 Å². The number of aliphatic hydroxyl groups is 1. The molecule has 0 bridgehead atoms. The molecular weight excluding hydrogens is 218 g/mol. The first kappa shape index (κ1) is 10.9. The van der Waals surface area contributed by atoms with E-state index in [4.69, 9.17) is 0 Å². The fourth-order valence-electron chi connectivity index (χ4n) is 2.25. The molecule has 2 aliphatic heterocycles. The molecule has 2 rings (SSSR count). The van der Waals surface area contributed by atoms with Crippen molar-refractivity contribution in [3.63, 3.8) is 0 Å². The van der Waals surface area contributed by atoms with Gasteiger partial charge in [0, 0.05) is 12.6 Å². The van der Waals surface area contributed by atoms with Crippen molar-refractivity contribution in [3.05, 3.63) is 0 Å². The van der Waals surface area contributed by atoms with Gasteiger partial charge in [0.2, 0.25) is 5.91 Å². The van der Waals surface area contributed by atoms with E-state index in [0.29, 0.717) is 19.4 Å². The lowest BCUT2D eigenvalue weighted by molar-refractivity contribution is -0.129. The fourth-order valence-corrected chi connectivity index (χ4v) is 3.72. The van der Waals surface area contributed by atoms with Crippen molar-refractivity contribution in [2.45, 2.75) is 31.4 Å². The van der Waals surface area contributed by atoms with Crippen LogP contribution in [0.3, 0.4) is 0 Å². The Morgan fingerprint density at radius 3 is 2.33 bits per heavy atom. The first-order valence-corrected chi connectivity index (χ1v) is 6.98. The Kier molecular flexibility index (Phi) is 2.72. The highest BCUT2D eigenvalue weighted by Crippen LogP contribution is 2.23. The normalized spacial score (nSPS) is 32.2. The summed E-state index contributed by atoms with van der Waals surface area (Å²) < 4.78 is 22.4. The molecule has 5 nitrogen and oxygen atoms in total. The third-order valence-corrected chi connectivity index (χ3v) is 4.82. The van der Waals surface area contributed by atoms with Crippen LogP contribution in [0.1, 0.15) is 19.3 Å². The molecular formula is C9H15NO4S. The summed E-state index contributed by atoms with van der Waals surface area (Å²) in [6.07, 6.45) is 0.640. The molecule has 0 aromatic carbocycles. The maximum Gasteiger partial charge on any atom is 0.225 e. The van der Waals surface area contributed by atoms with Gasteiger partial charge in [-0.25, -0.2) is 8.42 Å². The predicted octanol–water partition coefficient (Wildman–Crippen LogP) is -0.843. The monoisotopic (exact) mass is 233 g/mol. The van der Waals surface area contributed by atoms with E-state index in [1.807, 2.05) is 0 Å². The molecule has 86 valence electrons. The van der Waals surface area contributed by atoms with Gasteiger partial charge in [0.1, 0.15) is 9.84 Å². The topological polar surface area (TPSA) is 74.7 Å². The summed E-state index contributed by atoms with van der Waals surface area (Å²) in [5, 5.41) is 9.32. The van der Waals surface area contributed by atoms with Crippen LogP contribution in [0.15, 0.2) is 0 Å². The zero-order valence-electron chi connectivity index (χ0n) is 8.42. The van der Waals surface area contributed by atoms with Gasteiger partial charge in [-0.3, -0.25) is 4.79 Å². The summed E-state index contributed by atoms with van der Waals surface area (Å²) in [6.45, 7) is 0.365. The first-order chi connectivity index (χ1) is 6.98. The zero-order chi connectivity index (χ0) is 11.1. The lowest BCUT2D eigenvalue weighted by Crippen LogP contribution is -2.42. The first-order valence-electron chi connectivity index (χ1n) is 5.16. The molecule has 0 saturated carbocycles. The van der Waals surface area contributed by atoms with Crippen LogP contribution in [0, 0.1) is 0 Å². The van der Waals surface area contributed by atoms with Gasteiger partial charge in [-0.2, -0.15) is 0 Å². The molecule has 15 heavy (non-hydrogen) atoms. The molecule has 2 aliphatic rings. The number of rotatable bonds is 1. The number of hydrogen-bond acceptors (Lipinski definition) is 4. The summed E-state index contributed by atoms with van der Waals surface area (Å²) in [7, 11) is -2.88. The van der Waals surface area contributed by atoms with Crippen molar-refractivity contribution in [1.29, 1.82) is 0 Å². The van der Waals surface area contributed by atoms with Gasteiger partial charge in [0.05, 0.1) is 24.0 Å². The molecule has 2 saturated heterocycles. The third-order valence-electron chi connectivity index (χ3n) is 3.10. The molecule has 2 heterocycles. The van der Waals surface area contributed by atoms with Gasteiger partial charge in [-0.15, -0.1) is 0 Å². The molecule has 2 fully saturated rings. The van der Waals surface area contributed by atoms with Crippen molar-refractivity contribution in [2.24, 2.45) is 0 Å². The smallest absolute Gasteiger partial charge is 0.225 e. The molecule has 1 unspecified atom stereocenters. The molecule has 0 aromatic heterocycles. The highest BCUT2D eigenvalue weighted by Gasteiger charge is 2.36. The van der Waals surface area contributed by atoms with Crippen LogP contribution in [0.4, 0.5) is 0 Å². The summed E-state index contributed by atoms with van der Waals surface area (Å²) in [5.41, 5.74) is 0. The third kappa shape index (κ3) is 2.31. The van der Waals surface area contributed by atoms with Gasteiger partial charge in [0.25, 0.3) is 0 Å². The van der Waals surface area contributed by atoms with E-state index < -0.39 is 15.9 Å². The van der Waals surface area contributed by atoms with E-state index in [9.17, 15) is 18.3 Å². The summed E-state index contributed by atoms with van der Waals surface area (Å²) >= 11 is 0. The van der Waals surface area contributed by atoms with Crippen molar-refractivity contribution in [2.75, 3.05) is 18.1 Å². The predicted molar refractivity (Wildman–Crippen MR) is 54.0 cm³/mol. The second-order valence-corrected chi connectivity index (χ2v) is 6.59. The Bertz CT molecular complexity index is 350. The molecule has 0 radical (unpaired) electrons. The number of nitrogens with zero attached hydrogens (tertiary/aromatic N) is 1. The number of hydrogen-bond donors (Lipinski definition) is 1. The van der Waals surface area contributed by atoms with Crippen molar-refractivity contribution < 1.29 is 18.3 Å². The molecule has 1 N–H and O–H groups in total. The van der Waals surface area contributed by atoms with Crippen LogP contribution in [0.5, 0.6) is 0 Å². The van der Waals surface area contributed by atoms with Gasteiger partial charge < -0.3 is 10.0 Å². The van der Waals surface area contributed by atoms with Crippen LogP contribution in [0.25, 0.3) is 0 Å². The van der Waals surface area contributed by atoms with E-state index >= 15 is 0 Å². The molecule has 0 spiro atoms. The minimum absolute atomic E-state index is 0.0122. The summed E-state index contributed by atoms with van der Waals surface area (Å²) in [5.74, 6) is 0.279. The number of carbonyl (C=O) groups excluding carboxylic acids is 1. The minimum atomic E-state index is -2.88. The molecule has 1 atom stereocenters. The second kappa shape index (κ2) is 3.75. The van der Waals surface area contributed by atoms with Gasteiger partial charge >= 0.3 is 0 Å². The van der Waals surface area contributed by atoms with Crippen molar-refractivity contribution in [1.82, 2.24) is 4.90 Å². The molecule has 0 aliphatic carbocycles. The second-order valence-electron chi connectivity index (χ2n) is 4.29. The van der Waals surface area contributed by atoms with Gasteiger partial charge in [-0.05, 0) is 12.8 Å². The summed E-state index contributed by atoms with van der Waals surface area (Å²) in [4.78, 5) is 13.1. The lowest BCUT2D eigenvalue weighted by Gasteiger charge is -2.30. The van der Waals surface area contributed by atoms with Crippen LogP contribution in [-0.4, -0.2) is 54.5 Å². The van der Waals surface area contributed by atoms with E-state index in [1.54, 1.807) is 4.90 Å². The van der Waals surface area contributed by atoms with Crippen molar-refractivity contribution in [3.8, 4) is 0 Å². The molecule has 6 heteroatoms. The average Bonchev–Trinajstić information content (AvgIpc) is 2.45. The SMILES string of the molecule is O=C1CC(O)CN1C1CCS(=O)(=O)CC1. The Hall–Kier alpha value is -0.620. The van der Waals surface area contributed by atoms with E-state index in [1.165, 1.54) is 0 Å². The average molecular weight is 233 g/mol. The maximum absolute atomic E-state index is 11.5. The van der Waals surface area contributed by atoms with E-state index in [-0.39, 0.29) is 29.9 Å². The quantitative estimate of drug-likeness (QED) is 0.640. The lowest BCUT2D eigenvalue weighted by atomic mass is 10.1. The maximum atomic E-state index is 11.5. The number of aliphatic hydroxyl groups excluding tert-OH is 1. The number of β-amino-alcohol motifs (C(OH)–C–C–N with tert-alkyl or cyclic N) is 1. The largest absolute Gasteiger partial charge is 0.391 e.